The standard InChI is InChI=1S/C16H23NOS/c1-3-12-10-15(19-11(12)2)16(18)17(14-8-9-14)13-6-4-5-7-13/h10,13-14H,3-9H2,1-2H3. The molecule has 2 aliphatic carbocycles. The zero-order valence-electron chi connectivity index (χ0n) is 11.9. The van der Waals surface area contributed by atoms with Crippen molar-refractivity contribution >= 4 is 17.2 Å². The van der Waals surface area contributed by atoms with Crippen LogP contribution in [0, 0.1) is 6.92 Å². The zero-order chi connectivity index (χ0) is 13.4. The van der Waals surface area contributed by atoms with Crippen LogP contribution >= 0.6 is 11.3 Å². The first-order valence-corrected chi connectivity index (χ1v) is 8.44. The van der Waals surface area contributed by atoms with Gasteiger partial charge in [0.25, 0.3) is 5.91 Å². The fraction of sp³-hybridized carbons (Fsp3) is 0.688. The van der Waals surface area contributed by atoms with Crippen LogP contribution in [0.1, 0.15) is 65.6 Å². The molecular weight excluding hydrogens is 254 g/mol. The van der Waals surface area contributed by atoms with E-state index in [4.69, 9.17) is 0 Å². The molecule has 1 aromatic heterocycles. The molecule has 2 aliphatic rings. The van der Waals surface area contributed by atoms with Crippen LogP contribution in [0.15, 0.2) is 6.07 Å². The molecule has 1 amide bonds. The Morgan fingerprint density at radius 2 is 1.89 bits per heavy atom. The highest BCUT2D eigenvalue weighted by molar-refractivity contribution is 7.14. The highest BCUT2D eigenvalue weighted by Gasteiger charge is 2.39. The number of hydrogen-bond donors (Lipinski definition) is 0. The van der Waals surface area contributed by atoms with Gasteiger partial charge >= 0.3 is 0 Å². The molecule has 19 heavy (non-hydrogen) atoms. The smallest absolute Gasteiger partial charge is 0.264 e. The van der Waals surface area contributed by atoms with Crippen LogP contribution in [-0.4, -0.2) is 22.9 Å². The molecule has 0 bridgehead atoms. The van der Waals surface area contributed by atoms with Crippen molar-refractivity contribution in [3.05, 3.63) is 21.4 Å². The van der Waals surface area contributed by atoms with Crippen molar-refractivity contribution in [1.82, 2.24) is 4.90 Å². The number of nitrogens with zero attached hydrogens (tertiary/aromatic N) is 1. The number of hydrogen-bond acceptors (Lipinski definition) is 2. The molecule has 2 nitrogen and oxygen atoms in total. The lowest BCUT2D eigenvalue weighted by Gasteiger charge is -2.28. The molecular formula is C16H23NOS. The van der Waals surface area contributed by atoms with E-state index in [1.54, 1.807) is 11.3 Å². The number of carbonyl (C=O) groups is 1. The van der Waals surface area contributed by atoms with Gasteiger partial charge in [-0.05, 0) is 50.7 Å². The van der Waals surface area contributed by atoms with Gasteiger partial charge in [-0.1, -0.05) is 19.8 Å². The van der Waals surface area contributed by atoms with Crippen molar-refractivity contribution in [2.75, 3.05) is 0 Å². The lowest BCUT2D eigenvalue weighted by Crippen LogP contribution is -2.40. The molecule has 0 aliphatic heterocycles. The van der Waals surface area contributed by atoms with Gasteiger partial charge in [0, 0.05) is 17.0 Å². The molecule has 3 heteroatoms. The molecule has 1 heterocycles. The summed E-state index contributed by atoms with van der Waals surface area (Å²) in [6.45, 7) is 4.30. The average molecular weight is 277 g/mol. The Labute approximate surface area is 119 Å². The summed E-state index contributed by atoms with van der Waals surface area (Å²) in [5, 5.41) is 0. The topological polar surface area (TPSA) is 20.3 Å². The van der Waals surface area contributed by atoms with E-state index in [0.29, 0.717) is 18.0 Å². The third kappa shape index (κ3) is 2.58. The Bertz CT molecular complexity index is 469. The van der Waals surface area contributed by atoms with Gasteiger partial charge in [-0.25, -0.2) is 0 Å². The number of carbonyl (C=O) groups excluding carboxylic acids is 1. The first kappa shape index (κ1) is 13.2. The van der Waals surface area contributed by atoms with E-state index in [-0.39, 0.29) is 0 Å². The predicted octanol–water partition coefficient (Wildman–Crippen LogP) is 4.17. The van der Waals surface area contributed by atoms with Gasteiger partial charge in [0.2, 0.25) is 0 Å². The van der Waals surface area contributed by atoms with Crippen LogP contribution in [-0.2, 0) is 6.42 Å². The first-order chi connectivity index (χ1) is 9.20. The Morgan fingerprint density at radius 3 is 2.42 bits per heavy atom. The lowest BCUT2D eigenvalue weighted by molar-refractivity contribution is 0.0669. The second-order valence-electron chi connectivity index (χ2n) is 5.93. The summed E-state index contributed by atoms with van der Waals surface area (Å²) < 4.78 is 0. The number of aryl methyl sites for hydroxylation is 2. The monoisotopic (exact) mass is 277 g/mol. The van der Waals surface area contributed by atoms with Gasteiger partial charge in [-0.2, -0.15) is 0 Å². The van der Waals surface area contributed by atoms with E-state index in [0.717, 1.165) is 11.3 Å². The summed E-state index contributed by atoms with van der Waals surface area (Å²) in [6.07, 6.45) is 8.49. The third-order valence-corrected chi connectivity index (χ3v) is 5.59. The maximum absolute atomic E-state index is 12.8. The van der Waals surface area contributed by atoms with Crippen molar-refractivity contribution in [3.63, 3.8) is 0 Å². The molecule has 104 valence electrons. The quantitative estimate of drug-likeness (QED) is 0.809. The molecule has 0 saturated heterocycles. The lowest BCUT2D eigenvalue weighted by atomic mass is 10.1. The molecule has 2 fully saturated rings. The summed E-state index contributed by atoms with van der Waals surface area (Å²) in [5.41, 5.74) is 1.34. The molecule has 0 atom stereocenters. The van der Waals surface area contributed by atoms with Gasteiger partial charge < -0.3 is 4.90 Å². The van der Waals surface area contributed by atoms with Gasteiger partial charge in [0.1, 0.15) is 0 Å². The van der Waals surface area contributed by atoms with Crippen molar-refractivity contribution in [2.45, 2.75) is 70.9 Å². The average Bonchev–Trinajstić information content (AvgIpc) is 2.94. The van der Waals surface area contributed by atoms with Crippen LogP contribution in [0.3, 0.4) is 0 Å². The van der Waals surface area contributed by atoms with Gasteiger partial charge in [0.15, 0.2) is 0 Å². The van der Waals surface area contributed by atoms with E-state index in [2.05, 4.69) is 24.8 Å². The minimum absolute atomic E-state index is 0.308. The van der Waals surface area contributed by atoms with Gasteiger partial charge in [-0.3, -0.25) is 4.79 Å². The minimum Gasteiger partial charge on any atom is -0.332 e. The third-order valence-electron chi connectivity index (χ3n) is 4.51. The predicted molar refractivity (Wildman–Crippen MR) is 79.9 cm³/mol. The van der Waals surface area contributed by atoms with Crippen molar-refractivity contribution in [2.24, 2.45) is 0 Å². The molecule has 0 unspecified atom stereocenters. The van der Waals surface area contributed by atoms with Crippen molar-refractivity contribution in [3.8, 4) is 0 Å². The minimum atomic E-state index is 0.308. The highest BCUT2D eigenvalue weighted by Crippen LogP contribution is 2.36. The maximum atomic E-state index is 12.8. The maximum Gasteiger partial charge on any atom is 0.264 e. The second kappa shape index (κ2) is 5.28. The summed E-state index contributed by atoms with van der Waals surface area (Å²) >= 11 is 1.69. The van der Waals surface area contributed by atoms with E-state index in [9.17, 15) is 4.79 Å². The van der Waals surface area contributed by atoms with Crippen LogP contribution in [0.2, 0.25) is 0 Å². The normalized spacial score (nSPS) is 19.9. The summed E-state index contributed by atoms with van der Waals surface area (Å²) in [5.74, 6) is 0.308. The van der Waals surface area contributed by atoms with E-state index >= 15 is 0 Å². The SMILES string of the molecule is CCc1cc(C(=O)N(C2CCCC2)C2CC2)sc1C. The summed E-state index contributed by atoms with van der Waals surface area (Å²) in [4.78, 5) is 17.3. The van der Waals surface area contributed by atoms with Crippen molar-refractivity contribution in [1.29, 1.82) is 0 Å². The van der Waals surface area contributed by atoms with Crippen LogP contribution in [0.4, 0.5) is 0 Å². The number of thiophene rings is 1. The Kier molecular flexibility index (Phi) is 3.66. The van der Waals surface area contributed by atoms with Gasteiger partial charge in [0.05, 0.1) is 4.88 Å². The molecule has 1 aromatic rings. The van der Waals surface area contributed by atoms with Crippen molar-refractivity contribution < 1.29 is 4.79 Å². The Morgan fingerprint density at radius 1 is 1.26 bits per heavy atom. The molecule has 0 radical (unpaired) electrons. The molecule has 0 N–H and O–H groups in total. The molecule has 3 rings (SSSR count). The number of amides is 1. The van der Waals surface area contributed by atoms with Crippen LogP contribution in [0.5, 0.6) is 0 Å². The summed E-state index contributed by atoms with van der Waals surface area (Å²) in [7, 11) is 0. The highest BCUT2D eigenvalue weighted by atomic mass is 32.1. The fourth-order valence-electron chi connectivity index (χ4n) is 3.27. The fourth-order valence-corrected chi connectivity index (χ4v) is 4.33. The molecule has 0 aromatic carbocycles. The van der Waals surface area contributed by atoms with Crippen LogP contribution in [0.25, 0.3) is 0 Å². The number of rotatable bonds is 4. The van der Waals surface area contributed by atoms with E-state index in [1.807, 2.05) is 0 Å². The molecule has 2 saturated carbocycles. The van der Waals surface area contributed by atoms with E-state index < -0.39 is 0 Å². The second-order valence-corrected chi connectivity index (χ2v) is 7.18. The summed E-state index contributed by atoms with van der Waals surface area (Å²) in [6, 6.07) is 3.20. The van der Waals surface area contributed by atoms with Crippen LogP contribution < -0.4 is 0 Å². The van der Waals surface area contributed by atoms with Gasteiger partial charge in [-0.15, -0.1) is 11.3 Å². The molecule has 0 spiro atoms. The Hall–Kier alpha value is -0.830. The zero-order valence-corrected chi connectivity index (χ0v) is 12.8. The van der Waals surface area contributed by atoms with E-state index in [1.165, 1.54) is 49.0 Å². The largest absolute Gasteiger partial charge is 0.332 e. The first-order valence-electron chi connectivity index (χ1n) is 7.62. The Balaban J connectivity index is 1.82.